The second kappa shape index (κ2) is 8.84. The van der Waals surface area contributed by atoms with E-state index in [1.54, 1.807) is 31.4 Å². The minimum absolute atomic E-state index is 0.111. The molecule has 1 atom stereocenters. The van der Waals surface area contributed by atoms with E-state index in [1.807, 2.05) is 6.92 Å². The molecule has 0 bridgehead atoms. The molecule has 0 aromatic heterocycles. The summed E-state index contributed by atoms with van der Waals surface area (Å²) in [7, 11) is 1.58. The van der Waals surface area contributed by atoms with Gasteiger partial charge in [0, 0.05) is 0 Å². The van der Waals surface area contributed by atoms with Gasteiger partial charge in [0.2, 0.25) is 5.91 Å². The quantitative estimate of drug-likeness (QED) is 0.726. The van der Waals surface area contributed by atoms with E-state index in [-0.39, 0.29) is 18.9 Å². The molecule has 0 spiro atoms. The zero-order valence-electron chi connectivity index (χ0n) is 12.3. The van der Waals surface area contributed by atoms with Crippen LogP contribution >= 0.6 is 0 Å². The van der Waals surface area contributed by atoms with E-state index < -0.39 is 12.0 Å². The molecule has 0 aliphatic heterocycles. The van der Waals surface area contributed by atoms with Crippen molar-refractivity contribution in [2.24, 2.45) is 0 Å². The first-order valence-electron chi connectivity index (χ1n) is 6.85. The number of nitrogens with one attached hydrogen (secondary N) is 1. The van der Waals surface area contributed by atoms with Crippen LogP contribution in [-0.2, 0) is 9.59 Å². The van der Waals surface area contributed by atoms with Crippen LogP contribution in [0.4, 0.5) is 0 Å². The van der Waals surface area contributed by atoms with Crippen LogP contribution in [0.5, 0.6) is 11.5 Å². The predicted molar refractivity (Wildman–Crippen MR) is 77.6 cm³/mol. The Morgan fingerprint density at radius 2 is 1.86 bits per heavy atom. The lowest BCUT2D eigenvalue weighted by Crippen LogP contribution is -2.41. The molecular formula is C15H21NO5. The number of rotatable bonds is 9. The van der Waals surface area contributed by atoms with Crippen molar-refractivity contribution in [2.75, 3.05) is 13.7 Å². The molecule has 0 unspecified atom stereocenters. The summed E-state index contributed by atoms with van der Waals surface area (Å²) < 4.78 is 10.4. The number of hydrogen-bond donors (Lipinski definition) is 2. The first-order valence-corrected chi connectivity index (χ1v) is 6.85. The maximum atomic E-state index is 11.6. The monoisotopic (exact) mass is 295 g/mol. The molecule has 0 aliphatic carbocycles. The predicted octanol–water partition coefficient (Wildman–Crippen LogP) is 1.83. The minimum Gasteiger partial charge on any atom is -0.497 e. The third-order valence-electron chi connectivity index (χ3n) is 2.87. The van der Waals surface area contributed by atoms with Crippen LogP contribution in [0.2, 0.25) is 0 Å². The molecule has 0 saturated heterocycles. The van der Waals surface area contributed by atoms with Crippen molar-refractivity contribution in [2.45, 2.75) is 32.2 Å². The molecule has 1 aromatic rings. The third kappa shape index (κ3) is 6.16. The van der Waals surface area contributed by atoms with Crippen molar-refractivity contribution >= 4 is 11.9 Å². The van der Waals surface area contributed by atoms with Gasteiger partial charge >= 0.3 is 5.97 Å². The van der Waals surface area contributed by atoms with E-state index in [0.29, 0.717) is 18.6 Å². The first kappa shape index (κ1) is 16.8. The zero-order chi connectivity index (χ0) is 15.7. The van der Waals surface area contributed by atoms with Gasteiger partial charge in [-0.3, -0.25) is 4.79 Å². The molecule has 0 fully saturated rings. The van der Waals surface area contributed by atoms with Crippen molar-refractivity contribution in [3.05, 3.63) is 24.3 Å². The Bertz CT molecular complexity index is 458. The maximum absolute atomic E-state index is 11.6. The fourth-order valence-corrected chi connectivity index (χ4v) is 1.75. The van der Waals surface area contributed by atoms with Gasteiger partial charge < -0.3 is 19.9 Å². The van der Waals surface area contributed by atoms with Gasteiger partial charge in [-0.1, -0.05) is 13.3 Å². The summed E-state index contributed by atoms with van der Waals surface area (Å²) in [6, 6.07) is 6.18. The van der Waals surface area contributed by atoms with Gasteiger partial charge in [-0.2, -0.15) is 0 Å². The van der Waals surface area contributed by atoms with Crippen LogP contribution in [0.3, 0.4) is 0 Å². The number of aliphatic carboxylic acids is 1. The lowest BCUT2D eigenvalue weighted by atomic mass is 10.1. The average molecular weight is 295 g/mol. The SMILES string of the molecule is CCC[C@@H](NC(=O)CCOc1ccc(OC)cc1)C(=O)O. The van der Waals surface area contributed by atoms with E-state index in [0.717, 1.165) is 5.75 Å². The molecule has 21 heavy (non-hydrogen) atoms. The minimum atomic E-state index is -1.01. The Kier molecular flexibility index (Phi) is 7.08. The summed E-state index contributed by atoms with van der Waals surface area (Å²) in [5.74, 6) is 0.0153. The summed E-state index contributed by atoms with van der Waals surface area (Å²) in [5, 5.41) is 11.4. The highest BCUT2D eigenvalue weighted by Crippen LogP contribution is 2.16. The van der Waals surface area contributed by atoms with Crippen molar-refractivity contribution in [3.63, 3.8) is 0 Å². The molecule has 1 rings (SSSR count). The van der Waals surface area contributed by atoms with Gasteiger partial charge in [0.25, 0.3) is 0 Å². The number of amides is 1. The molecule has 0 heterocycles. The van der Waals surface area contributed by atoms with E-state index in [2.05, 4.69) is 5.32 Å². The Morgan fingerprint density at radius 1 is 1.24 bits per heavy atom. The summed E-state index contributed by atoms with van der Waals surface area (Å²) in [4.78, 5) is 22.6. The largest absolute Gasteiger partial charge is 0.497 e. The number of ether oxygens (including phenoxy) is 2. The summed E-state index contributed by atoms with van der Waals surface area (Å²) in [6.07, 6.45) is 1.22. The van der Waals surface area contributed by atoms with E-state index in [4.69, 9.17) is 14.6 Å². The number of carbonyl (C=O) groups excluding carboxylic acids is 1. The number of carboxylic acids is 1. The van der Waals surface area contributed by atoms with Gasteiger partial charge in [-0.25, -0.2) is 4.79 Å². The van der Waals surface area contributed by atoms with Gasteiger partial charge in [-0.15, -0.1) is 0 Å². The van der Waals surface area contributed by atoms with E-state index in [1.165, 1.54) is 0 Å². The average Bonchev–Trinajstić information content (AvgIpc) is 2.47. The smallest absolute Gasteiger partial charge is 0.326 e. The van der Waals surface area contributed by atoms with Crippen molar-refractivity contribution in [1.82, 2.24) is 5.32 Å². The number of benzene rings is 1. The number of carbonyl (C=O) groups is 2. The van der Waals surface area contributed by atoms with Gasteiger partial charge in [-0.05, 0) is 30.7 Å². The van der Waals surface area contributed by atoms with Gasteiger partial charge in [0.15, 0.2) is 0 Å². The second-order valence-electron chi connectivity index (χ2n) is 4.52. The standard InChI is InChI=1S/C15H21NO5/c1-3-4-13(15(18)19)16-14(17)9-10-21-12-7-5-11(20-2)6-8-12/h5-8,13H,3-4,9-10H2,1-2H3,(H,16,17)(H,18,19)/t13-/m1/s1. The molecule has 2 N–H and O–H groups in total. The fraction of sp³-hybridized carbons (Fsp3) is 0.467. The Hall–Kier alpha value is -2.24. The van der Waals surface area contributed by atoms with E-state index in [9.17, 15) is 9.59 Å². The highest BCUT2D eigenvalue weighted by Gasteiger charge is 2.18. The fourth-order valence-electron chi connectivity index (χ4n) is 1.75. The molecule has 1 aromatic carbocycles. The summed E-state index contributed by atoms with van der Waals surface area (Å²) in [5.41, 5.74) is 0. The van der Waals surface area contributed by atoms with Crippen molar-refractivity contribution < 1.29 is 24.2 Å². The van der Waals surface area contributed by atoms with Crippen LogP contribution in [0.15, 0.2) is 24.3 Å². The highest BCUT2D eigenvalue weighted by molar-refractivity contribution is 5.83. The molecule has 0 radical (unpaired) electrons. The maximum Gasteiger partial charge on any atom is 0.326 e. The van der Waals surface area contributed by atoms with Crippen molar-refractivity contribution in [3.8, 4) is 11.5 Å². The molecule has 6 nitrogen and oxygen atoms in total. The normalized spacial score (nSPS) is 11.5. The number of methoxy groups -OCH3 is 1. The number of carboxylic acid groups (broad SMARTS) is 1. The molecule has 0 saturated carbocycles. The third-order valence-corrected chi connectivity index (χ3v) is 2.87. The lowest BCUT2D eigenvalue weighted by Gasteiger charge is -2.13. The summed E-state index contributed by atoms with van der Waals surface area (Å²) in [6.45, 7) is 2.06. The van der Waals surface area contributed by atoms with Gasteiger partial charge in [0.1, 0.15) is 17.5 Å². The van der Waals surface area contributed by atoms with Gasteiger partial charge in [0.05, 0.1) is 20.1 Å². The van der Waals surface area contributed by atoms with Crippen LogP contribution in [0.25, 0.3) is 0 Å². The first-order chi connectivity index (χ1) is 10.1. The molecular weight excluding hydrogens is 274 g/mol. The van der Waals surface area contributed by atoms with Crippen LogP contribution in [0, 0.1) is 0 Å². The lowest BCUT2D eigenvalue weighted by molar-refractivity contribution is -0.142. The zero-order valence-corrected chi connectivity index (χ0v) is 12.3. The van der Waals surface area contributed by atoms with E-state index >= 15 is 0 Å². The Morgan fingerprint density at radius 3 is 2.38 bits per heavy atom. The van der Waals surface area contributed by atoms with Crippen molar-refractivity contribution in [1.29, 1.82) is 0 Å². The molecule has 1 amide bonds. The van der Waals surface area contributed by atoms with Crippen LogP contribution in [0.1, 0.15) is 26.2 Å². The Labute approximate surface area is 124 Å². The number of hydrogen-bond acceptors (Lipinski definition) is 4. The van der Waals surface area contributed by atoms with Crippen LogP contribution in [-0.4, -0.2) is 36.7 Å². The van der Waals surface area contributed by atoms with Crippen LogP contribution < -0.4 is 14.8 Å². The molecule has 116 valence electrons. The summed E-state index contributed by atoms with van der Waals surface area (Å²) >= 11 is 0. The topological polar surface area (TPSA) is 84.9 Å². The molecule has 0 aliphatic rings. The second-order valence-corrected chi connectivity index (χ2v) is 4.52. The molecule has 6 heteroatoms. The highest BCUT2D eigenvalue weighted by atomic mass is 16.5. The Balaban J connectivity index is 2.33.